The van der Waals surface area contributed by atoms with E-state index >= 15 is 0 Å². The summed E-state index contributed by atoms with van der Waals surface area (Å²) in [5.74, 6) is 1.61. The second-order valence-corrected chi connectivity index (χ2v) is 11.7. The van der Waals surface area contributed by atoms with E-state index in [1.807, 2.05) is 30.5 Å². The van der Waals surface area contributed by atoms with Crippen molar-refractivity contribution in [1.29, 1.82) is 0 Å². The Hall–Kier alpha value is -2.31. The number of aryl methyl sites for hydroxylation is 1. The highest BCUT2D eigenvalue weighted by molar-refractivity contribution is 7.15. The van der Waals surface area contributed by atoms with Gasteiger partial charge >= 0.3 is 0 Å². The molecule has 0 bridgehead atoms. The van der Waals surface area contributed by atoms with Gasteiger partial charge in [-0.2, -0.15) is 0 Å². The minimum absolute atomic E-state index is 0.291. The Morgan fingerprint density at radius 1 is 1.11 bits per heavy atom. The number of anilines is 1. The van der Waals surface area contributed by atoms with Gasteiger partial charge in [0.25, 0.3) is 0 Å². The average Bonchev–Trinajstić information content (AvgIpc) is 3.26. The molecule has 5 rings (SSSR count). The third-order valence-corrected chi connectivity index (χ3v) is 9.15. The lowest BCUT2D eigenvalue weighted by Crippen LogP contribution is -2.41. The van der Waals surface area contributed by atoms with Gasteiger partial charge in [-0.1, -0.05) is 38.0 Å². The van der Waals surface area contributed by atoms with Gasteiger partial charge in [0, 0.05) is 40.7 Å². The number of aromatic nitrogens is 2. The van der Waals surface area contributed by atoms with Crippen molar-refractivity contribution in [1.82, 2.24) is 14.9 Å². The van der Waals surface area contributed by atoms with E-state index in [0.29, 0.717) is 24.2 Å². The molecule has 0 radical (unpaired) electrons. The number of nitrogens with two attached hydrogens (primary N) is 1. The summed E-state index contributed by atoms with van der Waals surface area (Å²) in [6, 6.07) is 8.59. The zero-order chi connectivity index (χ0) is 24.2. The van der Waals surface area contributed by atoms with E-state index in [1.165, 1.54) is 68.6 Å². The molecule has 5 nitrogen and oxygen atoms in total. The first-order valence-electron chi connectivity index (χ1n) is 13.4. The van der Waals surface area contributed by atoms with Crippen molar-refractivity contribution in [3.05, 3.63) is 52.8 Å². The summed E-state index contributed by atoms with van der Waals surface area (Å²) in [6.45, 7) is 4.67. The van der Waals surface area contributed by atoms with E-state index in [4.69, 9.17) is 5.73 Å². The van der Waals surface area contributed by atoms with Gasteiger partial charge in [0.1, 0.15) is 0 Å². The van der Waals surface area contributed by atoms with Gasteiger partial charge in [0.15, 0.2) is 10.9 Å². The summed E-state index contributed by atoms with van der Waals surface area (Å²) >= 11 is 1.69. The second kappa shape index (κ2) is 11.2. The second-order valence-electron chi connectivity index (χ2n) is 10.6. The largest absolute Gasteiger partial charge is 0.375 e. The first-order chi connectivity index (χ1) is 17.1. The van der Waals surface area contributed by atoms with Crippen molar-refractivity contribution in [2.75, 3.05) is 18.8 Å². The van der Waals surface area contributed by atoms with E-state index in [2.05, 4.69) is 21.8 Å². The van der Waals surface area contributed by atoms with Crippen LogP contribution in [0.2, 0.25) is 0 Å². The number of nitrogens with zero attached hydrogens (tertiary/aromatic N) is 3. The van der Waals surface area contributed by atoms with Gasteiger partial charge in [0.05, 0.1) is 5.69 Å². The topological polar surface area (TPSA) is 72.1 Å². The monoisotopic (exact) mass is 490 g/mol. The number of ketones is 1. The van der Waals surface area contributed by atoms with Crippen LogP contribution < -0.4 is 5.73 Å². The summed E-state index contributed by atoms with van der Waals surface area (Å²) in [7, 11) is 0. The molecule has 1 atom stereocenters. The molecule has 0 amide bonds. The number of Topliss-reactive ketones (excluding diaryl/α,β-unsaturated/α-hetero) is 1. The Morgan fingerprint density at radius 2 is 1.94 bits per heavy atom. The highest BCUT2D eigenvalue weighted by Gasteiger charge is 2.28. The van der Waals surface area contributed by atoms with E-state index in [9.17, 15) is 4.79 Å². The number of hydrogen-bond acceptors (Lipinski definition) is 6. The van der Waals surface area contributed by atoms with E-state index in [-0.39, 0.29) is 0 Å². The van der Waals surface area contributed by atoms with Crippen molar-refractivity contribution in [2.24, 2.45) is 11.8 Å². The van der Waals surface area contributed by atoms with Crippen LogP contribution >= 0.6 is 11.3 Å². The summed E-state index contributed by atoms with van der Waals surface area (Å²) in [5.41, 5.74) is 8.07. The molecule has 2 aliphatic rings. The van der Waals surface area contributed by atoms with Crippen LogP contribution in [0.1, 0.15) is 79.2 Å². The normalized spacial score (nSPS) is 22.4. The smallest absolute Gasteiger partial charge is 0.180 e. The molecular weight excluding hydrogens is 452 g/mol. The summed E-state index contributed by atoms with van der Waals surface area (Å²) in [6.07, 6.45) is 15.1. The van der Waals surface area contributed by atoms with Crippen LogP contribution in [0.15, 0.2) is 36.7 Å². The molecule has 6 heteroatoms. The van der Waals surface area contributed by atoms with Crippen LogP contribution in [-0.4, -0.2) is 39.8 Å². The standard InChI is InChI=1S/C29H38N4OS/c1-2-15-33(23-10-11-26-28(18-23)35-29(30)32-26)16-13-20-6-8-21(9-7-20)17-27(34)25-5-3-4-22-19-31-14-12-24(22)25/h3-5,12,14,19-21,23H,2,6-11,13,15-18H2,1H3,(H2,30,32)/t20?,21?,23-/m0/s1. The molecular formula is C29H38N4OS. The molecule has 2 aromatic heterocycles. The Labute approximate surface area is 213 Å². The van der Waals surface area contributed by atoms with Gasteiger partial charge in [-0.05, 0) is 81.3 Å². The molecule has 0 aliphatic heterocycles. The molecule has 1 saturated carbocycles. The van der Waals surface area contributed by atoms with Crippen molar-refractivity contribution in [2.45, 2.75) is 77.2 Å². The van der Waals surface area contributed by atoms with Crippen molar-refractivity contribution in [3.8, 4) is 0 Å². The van der Waals surface area contributed by atoms with Gasteiger partial charge < -0.3 is 10.6 Å². The van der Waals surface area contributed by atoms with E-state index in [0.717, 1.165) is 40.2 Å². The number of carbonyl (C=O) groups is 1. The van der Waals surface area contributed by atoms with Crippen LogP contribution in [0, 0.1) is 11.8 Å². The fraction of sp³-hybridized carbons (Fsp3) is 0.552. The zero-order valence-corrected chi connectivity index (χ0v) is 21.7. The molecule has 0 saturated heterocycles. The predicted molar refractivity (Wildman–Crippen MR) is 145 cm³/mol. The third kappa shape index (κ3) is 5.75. The van der Waals surface area contributed by atoms with Crippen LogP contribution in [0.25, 0.3) is 10.8 Å². The van der Waals surface area contributed by atoms with Crippen molar-refractivity contribution in [3.63, 3.8) is 0 Å². The minimum Gasteiger partial charge on any atom is -0.375 e. The quantitative estimate of drug-likeness (QED) is 0.356. The number of carbonyl (C=O) groups excluding carboxylic acids is 1. The number of nitrogen functional groups attached to an aromatic ring is 1. The summed E-state index contributed by atoms with van der Waals surface area (Å²) in [4.78, 5) is 26.0. The van der Waals surface area contributed by atoms with E-state index in [1.54, 1.807) is 17.5 Å². The molecule has 2 N–H and O–H groups in total. The van der Waals surface area contributed by atoms with Crippen LogP contribution in [0.5, 0.6) is 0 Å². The molecule has 3 aromatic rings. The SMILES string of the molecule is CCCN(CCC1CCC(CC(=O)c2cccc3cnccc23)CC1)[C@H]1CCc2nc(N)sc2C1. The zero-order valence-electron chi connectivity index (χ0n) is 20.9. The third-order valence-electron chi connectivity index (χ3n) is 8.20. The number of fused-ring (bicyclic) bond motifs is 2. The van der Waals surface area contributed by atoms with Crippen LogP contribution in [0.3, 0.4) is 0 Å². The maximum absolute atomic E-state index is 13.1. The fourth-order valence-corrected chi connectivity index (χ4v) is 7.21. The maximum Gasteiger partial charge on any atom is 0.180 e. The van der Waals surface area contributed by atoms with Gasteiger partial charge in [-0.15, -0.1) is 11.3 Å². The first kappa shape index (κ1) is 24.4. The van der Waals surface area contributed by atoms with Crippen LogP contribution in [0.4, 0.5) is 5.13 Å². The molecule has 2 heterocycles. The number of thiazole rings is 1. The van der Waals surface area contributed by atoms with Gasteiger partial charge in [0.2, 0.25) is 0 Å². The molecule has 186 valence electrons. The molecule has 2 aliphatic carbocycles. The Balaban J connectivity index is 1.11. The Kier molecular flexibility index (Phi) is 7.78. The molecule has 1 aromatic carbocycles. The minimum atomic E-state index is 0.291. The lowest BCUT2D eigenvalue weighted by Gasteiger charge is -2.36. The fourth-order valence-electron chi connectivity index (χ4n) is 6.26. The average molecular weight is 491 g/mol. The molecule has 35 heavy (non-hydrogen) atoms. The molecule has 0 unspecified atom stereocenters. The summed E-state index contributed by atoms with van der Waals surface area (Å²) < 4.78 is 0. The predicted octanol–water partition coefficient (Wildman–Crippen LogP) is 6.31. The number of rotatable bonds is 9. The first-order valence-corrected chi connectivity index (χ1v) is 14.3. The van der Waals surface area contributed by atoms with Crippen molar-refractivity contribution < 1.29 is 4.79 Å². The highest BCUT2D eigenvalue weighted by Crippen LogP contribution is 2.35. The van der Waals surface area contributed by atoms with Crippen LogP contribution in [-0.2, 0) is 12.8 Å². The lowest BCUT2D eigenvalue weighted by atomic mass is 9.78. The number of benzene rings is 1. The van der Waals surface area contributed by atoms with E-state index < -0.39 is 0 Å². The van der Waals surface area contributed by atoms with Crippen molar-refractivity contribution >= 4 is 33.0 Å². The highest BCUT2D eigenvalue weighted by atomic mass is 32.1. The molecule has 0 spiro atoms. The number of pyridine rings is 1. The summed E-state index contributed by atoms with van der Waals surface area (Å²) in [5, 5.41) is 2.81. The Morgan fingerprint density at radius 3 is 2.77 bits per heavy atom. The van der Waals surface area contributed by atoms with Gasteiger partial charge in [-0.25, -0.2) is 4.98 Å². The maximum atomic E-state index is 13.1. The van der Waals surface area contributed by atoms with Gasteiger partial charge in [-0.3, -0.25) is 9.78 Å². The molecule has 1 fully saturated rings. The lowest BCUT2D eigenvalue weighted by molar-refractivity contribution is 0.0939. The number of hydrogen-bond donors (Lipinski definition) is 1. The Bertz CT molecular complexity index is 1150.